The van der Waals surface area contributed by atoms with Crippen LogP contribution in [0, 0.1) is 0 Å². The summed E-state index contributed by atoms with van der Waals surface area (Å²) in [4.78, 5) is 4.64. The fourth-order valence-corrected chi connectivity index (χ4v) is 2.92. The monoisotopic (exact) mass is 256 g/mol. The van der Waals surface area contributed by atoms with Gasteiger partial charge in [0.15, 0.2) is 0 Å². The first-order valence-corrected chi connectivity index (χ1v) is 6.35. The van der Waals surface area contributed by atoms with Gasteiger partial charge < -0.3 is 15.6 Å². The molecule has 17 heavy (non-hydrogen) atoms. The molecule has 0 radical (unpaired) electrons. The first-order valence-electron chi connectivity index (χ1n) is 6.35. The first-order chi connectivity index (χ1) is 7.84. The second-order valence-electron chi connectivity index (χ2n) is 5.04. The van der Waals surface area contributed by atoms with Gasteiger partial charge in [-0.3, -0.25) is 0 Å². The fraction of sp³-hybridized carbons (Fsp3) is 0.750. The van der Waals surface area contributed by atoms with Gasteiger partial charge in [0.25, 0.3) is 0 Å². The highest BCUT2D eigenvalue weighted by atomic mass is 35.5. The molecule has 0 amide bonds. The summed E-state index contributed by atoms with van der Waals surface area (Å²) in [6, 6.07) is 0.338. The van der Waals surface area contributed by atoms with E-state index < -0.39 is 0 Å². The number of imidazole rings is 1. The predicted octanol–water partition coefficient (Wildman–Crippen LogP) is 1.05. The summed E-state index contributed by atoms with van der Waals surface area (Å²) in [6.45, 7) is 3.33. The quantitative estimate of drug-likeness (QED) is 0.790. The third-order valence-electron chi connectivity index (χ3n) is 3.87. The minimum absolute atomic E-state index is 0. The lowest BCUT2D eigenvalue weighted by atomic mass is 9.96. The van der Waals surface area contributed by atoms with Crippen molar-refractivity contribution in [1.29, 1.82) is 0 Å². The maximum Gasteiger partial charge on any atom is 0.112 e. The van der Waals surface area contributed by atoms with Gasteiger partial charge in [-0.25, -0.2) is 4.98 Å². The molecule has 3 rings (SSSR count). The third kappa shape index (κ3) is 2.49. The Labute approximate surface area is 108 Å². The van der Waals surface area contributed by atoms with Crippen molar-refractivity contribution in [1.82, 2.24) is 14.9 Å². The SMILES string of the molecule is Cl.NC1CCn2c(cnc2C2CCNCC2)C1. The van der Waals surface area contributed by atoms with Gasteiger partial charge in [0.1, 0.15) is 5.82 Å². The molecule has 1 unspecified atom stereocenters. The van der Waals surface area contributed by atoms with Crippen molar-refractivity contribution >= 4 is 12.4 Å². The van der Waals surface area contributed by atoms with Crippen LogP contribution in [-0.4, -0.2) is 28.7 Å². The molecule has 1 aromatic rings. The zero-order valence-corrected chi connectivity index (χ0v) is 10.9. The van der Waals surface area contributed by atoms with Crippen molar-refractivity contribution in [3.05, 3.63) is 17.7 Å². The van der Waals surface area contributed by atoms with Crippen LogP contribution in [0.4, 0.5) is 0 Å². The number of halogens is 1. The Bertz CT molecular complexity index is 371. The Hall–Kier alpha value is -0.580. The van der Waals surface area contributed by atoms with E-state index in [1.165, 1.54) is 24.4 Å². The number of nitrogens with one attached hydrogen (secondary N) is 1. The first kappa shape index (κ1) is 12.9. The van der Waals surface area contributed by atoms with E-state index in [-0.39, 0.29) is 12.4 Å². The molecular weight excluding hydrogens is 236 g/mol. The Kier molecular flexibility index (Phi) is 4.07. The van der Waals surface area contributed by atoms with E-state index in [1.807, 2.05) is 6.20 Å². The van der Waals surface area contributed by atoms with Crippen molar-refractivity contribution < 1.29 is 0 Å². The molecule has 0 spiro atoms. The Morgan fingerprint density at radius 1 is 1.29 bits per heavy atom. The Balaban J connectivity index is 0.00000108. The molecule has 0 aromatic carbocycles. The zero-order valence-electron chi connectivity index (χ0n) is 10.1. The molecular formula is C12H21ClN4. The van der Waals surface area contributed by atoms with E-state index in [0.29, 0.717) is 12.0 Å². The topological polar surface area (TPSA) is 55.9 Å². The molecule has 5 heteroatoms. The van der Waals surface area contributed by atoms with Crippen LogP contribution in [0.15, 0.2) is 6.20 Å². The average molecular weight is 257 g/mol. The molecule has 1 aromatic heterocycles. The highest BCUT2D eigenvalue weighted by Crippen LogP contribution is 2.27. The van der Waals surface area contributed by atoms with E-state index in [0.717, 1.165) is 32.5 Å². The molecule has 1 atom stereocenters. The Morgan fingerprint density at radius 3 is 2.82 bits per heavy atom. The summed E-state index contributed by atoms with van der Waals surface area (Å²) < 4.78 is 2.42. The number of nitrogens with two attached hydrogens (primary N) is 1. The highest BCUT2D eigenvalue weighted by Gasteiger charge is 2.24. The van der Waals surface area contributed by atoms with Crippen molar-refractivity contribution in [3.63, 3.8) is 0 Å². The summed E-state index contributed by atoms with van der Waals surface area (Å²) in [5.74, 6) is 1.97. The van der Waals surface area contributed by atoms with Gasteiger partial charge in [0.05, 0.1) is 0 Å². The summed E-state index contributed by atoms with van der Waals surface area (Å²) in [5, 5.41) is 3.41. The minimum Gasteiger partial charge on any atom is -0.332 e. The molecule has 4 nitrogen and oxygen atoms in total. The fourth-order valence-electron chi connectivity index (χ4n) is 2.92. The standard InChI is InChI=1S/C12H20N4.ClH/c13-10-3-6-16-11(7-10)8-15-12(16)9-1-4-14-5-2-9;/h8-10,14H,1-7,13H2;1H. The maximum atomic E-state index is 5.99. The summed E-state index contributed by atoms with van der Waals surface area (Å²) in [7, 11) is 0. The number of nitrogens with zero attached hydrogens (tertiary/aromatic N) is 2. The van der Waals surface area contributed by atoms with Gasteiger partial charge in [-0.15, -0.1) is 12.4 Å². The lowest BCUT2D eigenvalue weighted by Gasteiger charge is -2.26. The van der Waals surface area contributed by atoms with Crippen LogP contribution in [0.5, 0.6) is 0 Å². The number of fused-ring (bicyclic) bond motifs is 1. The molecule has 2 aliphatic rings. The second kappa shape index (κ2) is 5.38. The molecule has 1 fully saturated rings. The van der Waals surface area contributed by atoms with Crippen LogP contribution in [0.1, 0.15) is 36.7 Å². The van der Waals surface area contributed by atoms with Crippen LogP contribution in [-0.2, 0) is 13.0 Å². The molecule has 0 saturated carbocycles. The number of hydrogen-bond donors (Lipinski definition) is 2. The average Bonchev–Trinajstić information content (AvgIpc) is 2.73. The zero-order chi connectivity index (χ0) is 11.0. The van der Waals surface area contributed by atoms with E-state index in [4.69, 9.17) is 5.73 Å². The van der Waals surface area contributed by atoms with Crippen LogP contribution >= 0.6 is 12.4 Å². The van der Waals surface area contributed by atoms with Crippen molar-refractivity contribution in [2.45, 2.75) is 44.2 Å². The van der Waals surface area contributed by atoms with Gasteiger partial charge in [-0.1, -0.05) is 0 Å². The molecule has 0 bridgehead atoms. The summed E-state index contributed by atoms with van der Waals surface area (Å²) in [6.07, 6.45) is 6.58. The smallest absolute Gasteiger partial charge is 0.112 e. The van der Waals surface area contributed by atoms with Crippen LogP contribution in [0.3, 0.4) is 0 Å². The molecule has 3 heterocycles. The molecule has 96 valence electrons. The molecule has 2 aliphatic heterocycles. The van der Waals surface area contributed by atoms with E-state index >= 15 is 0 Å². The van der Waals surface area contributed by atoms with Gasteiger partial charge in [-0.2, -0.15) is 0 Å². The van der Waals surface area contributed by atoms with Gasteiger partial charge >= 0.3 is 0 Å². The molecule has 0 aliphatic carbocycles. The second-order valence-corrected chi connectivity index (χ2v) is 5.04. The minimum atomic E-state index is 0. The van der Waals surface area contributed by atoms with Gasteiger partial charge in [-0.05, 0) is 32.4 Å². The van der Waals surface area contributed by atoms with Crippen molar-refractivity contribution in [2.75, 3.05) is 13.1 Å². The van der Waals surface area contributed by atoms with Gasteiger partial charge in [0.2, 0.25) is 0 Å². The van der Waals surface area contributed by atoms with Crippen LogP contribution in [0.25, 0.3) is 0 Å². The molecule has 1 saturated heterocycles. The maximum absolute atomic E-state index is 5.99. The largest absolute Gasteiger partial charge is 0.332 e. The number of piperidine rings is 1. The number of hydrogen-bond acceptors (Lipinski definition) is 3. The summed E-state index contributed by atoms with van der Waals surface area (Å²) >= 11 is 0. The lowest BCUT2D eigenvalue weighted by Crippen LogP contribution is -2.33. The van der Waals surface area contributed by atoms with Crippen LogP contribution < -0.4 is 11.1 Å². The van der Waals surface area contributed by atoms with Crippen molar-refractivity contribution in [3.8, 4) is 0 Å². The predicted molar refractivity (Wildman–Crippen MR) is 70.6 cm³/mol. The summed E-state index contributed by atoms with van der Waals surface area (Å²) in [5.41, 5.74) is 7.33. The number of rotatable bonds is 1. The van der Waals surface area contributed by atoms with E-state index in [2.05, 4.69) is 14.9 Å². The third-order valence-corrected chi connectivity index (χ3v) is 3.87. The Morgan fingerprint density at radius 2 is 2.06 bits per heavy atom. The number of aromatic nitrogens is 2. The lowest BCUT2D eigenvalue weighted by molar-refractivity contribution is 0.404. The van der Waals surface area contributed by atoms with Crippen molar-refractivity contribution in [2.24, 2.45) is 5.73 Å². The molecule has 3 N–H and O–H groups in total. The van der Waals surface area contributed by atoms with Gasteiger partial charge in [0, 0.05) is 36.8 Å². The van der Waals surface area contributed by atoms with Crippen LogP contribution in [0.2, 0.25) is 0 Å². The van der Waals surface area contributed by atoms with E-state index in [9.17, 15) is 0 Å². The normalized spacial score (nSPS) is 25.1. The van der Waals surface area contributed by atoms with E-state index in [1.54, 1.807) is 0 Å². The highest BCUT2D eigenvalue weighted by molar-refractivity contribution is 5.85.